The van der Waals surface area contributed by atoms with E-state index >= 15 is 0 Å². The SMILES string of the molecule is CCCCCC/C(=N\OC(C)=O)c1cn(-c2ccc(/C(=N/OC(C)=O)c3cnc[nH]3)cc2)c2ccccc12. The van der Waals surface area contributed by atoms with Crippen molar-refractivity contribution in [2.45, 2.75) is 52.9 Å². The summed E-state index contributed by atoms with van der Waals surface area (Å²) in [5, 5.41) is 9.28. The van der Waals surface area contributed by atoms with Crippen LogP contribution in [-0.2, 0) is 19.3 Å². The maximum absolute atomic E-state index is 11.5. The van der Waals surface area contributed by atoms with Crippen LogP contribution in [0.2, 0.25) is 0 Å². The van der Waals surface area contributed by atoms with Gasteiger partial charge in [-0.2, -0.15) is 0 Å². The standard InChI is InChI=1S/C29H31N5O4/c1-4-5-6-7-11-26(32-37-20(2)35)25-18-34(28-12-9-8-10-24(25)28)23-15-13-22(14-16-23)29(33-38-21(3)36)27-17-30-19-31-27/h8-10,12-19H,4-7,11H2,1-3H3,(H,30,31)/b32-26+,33-29-. The second kappa shape index (κ2) is 12.6. The molecule has 0 aliphatic heterocycles. The molecular formula is C29H31N5O4. The minimum absolute atomic E-state index is 0.445. The van der Waals surface area contributed by atoms with E-state index in [1.807, 2.05) is 54.7 Å². The molecule has 0 saturated heterocycles. The van der Waals surface area contributed by atoms with Crippen LogP contribution in [0, 0.1) is 0 Å². The molecule has 0 spiro atoms. The van der Waals surface area contributed by atoms with Crippen molar-refractivity contribution in [3.63, 3.8) is 0 Å². The maximum Gasteiger partial charge on any atom is 0.332 e. The van der Waals surface area contributed by atoms with Gasteiger partial charge in [0.1, 0.15) is 5.71 Å². The molecule has 0 aliphatic rings. The van der Waals surface area contributed by atoms with E-state index in [2.05, 4.69) is 31.8 Å². The number of H-pyrrole nitrogens is 1. The van der Waals surface area contributed by atoms with Crippen molar-refractivity contribution < 1.29 is 19.3 Å². The highest BCUT2D eigenvalue weighted by Gasteiger charge is 2.17. The molecule has 2 heterocycles. The number of fused-ring (bicyclic) bond motifs is 1. The molecule has 9 heteroatoms. The number of aromatic nitrogens is 3. The van der Waals surface area contributed by atoms with E-state index in [9.17, 15) is 9.59 Å². The number of carbonyl (C=O) groups excluding carboxylic acids is 2. The smallest absolute Gasteiger partial charge is 0.332 e. The van der Waals surface area contributed by atoms with Crippen molar-refractivity contribution in [2.75, 3.05) is 0 Å². The Morgan fingerprint density at radius 3 is 2.37 bits per heavy atom. The molecule has 196 valence electrons. The summed E-state index contributed by atoms with van der Waals surface area (Å²) in [5.41, 5.74) is 5.44. The molecule has 0 fully saturated rings. The lowest BCUT2D eigenvalue weighted by Crippen LogP contribution is -2.07. The van der Waals surface area contributed by atoms with Gasteiger partial charge in [-0.15, -0.1) is 0 Å². The van der Waals surface area contributed by atoms with Gasteiger partial charge in [-0.25, -0.2) is 14.6 Å². The van der Waals surface area contributed by atoms with E-state index in [1.165, 1.54) is 20.2 Å². The lowest BCUT2D eigenvalue weighted by molar-refractivity contribution is -0.141. The van der Waals surface area contributed by atoms with Gasteiger partial charge in [0.05, 0.1) is 29.4 Å². The monoisotopic (exact) mass is 513 g/mol. The average Bonchev–Trinajstić information content (AvgIpc) is 3.58. The number of carbonyl (C=O) groups is 2. The van der Waals surface area contributed by atoms with Gasteiger partial charge < -0.3 is 19.2 Å². The van der Waals surface area contributed by atoms with Crippen molar-refractivity contribution in [1.82, 2.24) is 14.5 Å². The van der Waals surface area contributed by atoms with Crippen molar-refractivity contribution in [2.24, 2.45) is 10.3 Å². The fraction of sp³-hybridized carbons (Fsp3) is 0.276. The van der Waals surface area contributed by atoms with Crippen LogP contribution in [0.1, 0.15) is 69.7 Å². The summed E-state index contributed by atoms with van der Waals surface area (Å²) in [7, 11) is 0. The molecule has 4 rings (SSSR count). The average molecular weight is 514 g/mol. The lowest BCUT2D eigenvalue weighted by Gasteiger charge is -2.08. The van der Waals surface area contributed by atoms with Crippen molar-refractivity contribution in [3.8, 4) is 5.69 Å². The Morgan fingerprint density at radius 2 is 1.68 bits per heavy atom. The first-order valence-corrected chi connectivity index (χ1v) is 12.7. The van der Waals surface area contributed by atoms with Gasteiger partial charge in [0.25, 0.3) is 0 Å². The zero-order valence-corrected chi connectivity index (χ0v) is 21.8. The largest absolute Gasteiger partial charge is 0.343 e. The van der Waals surface area contributed by atoms with E-state index in [1.54, 1.807) is 6.20 Å². The van der Waals surface area contributed by atoms with Gasteiger partial charge in [-0.1, -0.05) is 66.8 Å². The van der Waals surface area contributed by atoms with E-state index < -0.39 is 11.9 Å². The summed E-state index contributed by atoms with van der Waals surface area (Å²) < 4.78 is 2.09. The van der Waals surface area contributed by atoms with E-state index in [0.29, 0.717) is 17.8 Å². The van der Waals surface area contributed by atoms with Crippen LogP contribution in [0.15, 0.2) is 77.6 Å². The van der Waals surface area contributed by atoms with E-state index in [4.69, 9.17) is 9.68 Å². The number of unbranched alkanes of at least 4 members (excludes halogenated alkanes) is 3. The van der Waals surface area contributed by atoms with Crippen LogP contribution in [0.3, 0.4) is 0 Å². The predicted octanol–water partition coefficient (Wildman–Crippen LogP) is 5.91. The van der Waals surface area contributed by atoms with Crippen LogP contribution in [0.25, 0.3) is 16.6 Å². The second-order valence-corrected chi connectivity index (χ2v) is 8.90. The molecule has 1 N–H and O–H groups in total. The zero-order valence-electron chi connectivity index (χ0n) is 21.8. The normalized spacial score (nSPS) is 12.1. The Morgan fingerprint density at radius 1 is 0.947 bits per heavy atom. The molecule has 2 aromatic heterocycles. The molecule has 0 atom stereocenters. The Kier molecular flexibility index (Phi) is 8.81. The Hall–Kier alpha value is -4.53. The number of nitrogens with one attached hydrogen (secondary N) is 1. The summed E-state index contributed by atoms with van der Waals surface area (Å²) >= 11 is 0. The highest BCUT2D eigenvalue weighted by Crippen LogP contribution is 2.27. The van der Waals surface area contributed by atoms with E-state index in [0.717, 1.165) is 59.1 Å². The summed E-state index contributed by atoms with van der Waals surface area (Å²) in [6.07, 6.45) is 10.2. The highest BCUT2D eigenvalue weighted by atomic mass is 16.7. The molecule has 0 bridgehead atoms. The quantitative estimate of drug-likeness (QED) is 0.116. The van der Waals surface area contributed by atoms with Gasteiger partial charge in [0.2, 0.25) is 0 Å². The Labute approximate surface area is 221 Å². The maximum atomic E-state index is 11.5. The fourth-order valence-corrected chi connectivity index (χ4v) is 4.22. The third-order valence-corrected chi connectivity index (χ3v) is 6.01. The number of hydrogen-bond acceptors (Lipinski definition) is 7. The zero-order chi connectivity index (χ0) is 26.9. The summed E-state index contributed by atoms with van der Waals surface area (Å²) in [6.45, 7) is 4.83. The summed E-state index contributed by atoms with van der Waals surface area (Å²) in [5.74, 6) is -0.954. The van der Waals surface area contributed by atoms with Crippen molar-refractivity contribution >= 4 is 34.3 Å². The van der Waals surface area contributed by atoms with Gasteiger partial charge >= 0.3 is 11.9 Å². The molecule has 9 nitrogen and oxygen atoms in total. The molecule has 0 aliphatic carbocycles. The number of benzene rings is 2. The topological polar surface area (TPSA) is 111 Å². The van der Waals surface area contributed by atoms with Crippen molar-refractivity contribution in [1.29, 1.82) is 0 Å². The van der Waals surface area contributed by atoms with Crippen LogP contribution in [0.4, 0.5) is 0 Å². The first-order valence-electron chi connectivity index (χ1n) is 12.7. The predicted molar refractivity (Wildman–Crippen MR) is 146 cm³/mol. The number of imidazole rings is 1. The van der Waals surface area contributed by atoms with Gasteiger partial charge in [-0.05, 0) is 31.0 Å². The lowest BCUT2D eigenvalue weighted by atomic mass is 10.0. The minimum atomic E-state index is -0.508. The third-order valence-electron chi connectivity index (χ3n) is 6.01. The number of para-hydroxylation sites is 1. The molecule has 38 heavy (non-hydrogen) atoms. The van der Waals surface area contributed by atoms with Gasteiger partial charge in [0, 0.05) is 42.2 Å². The molecule has 0 radical (unpaired) electrons. The number of aromatic amines is 1. The van der Waals surface area contributed by atoms with Crippen LogP contribution >= 0.6 is 0 Å². The number of rotatable bonds is 11. The van der Waals surface area contributed by atoms with E-state index in [-0.39, 0.29) is 0 Å². The van der Waals surface area contributed by atoms with Crippen LogP contribution < -0.4 is 0 Å². The fourth-order valence-electron chi connectivity index (χ4n) is 4.22. The molecule has 0 amide bonds. The molecule has 2 aromatic carbocycles. The molecule has 0 saturated carbocycles. The third kappa shape index (κ3) is 6.42. The Bertz CT molecular complexity index is 1450. The summed E-state index contributed by atoms with van der Waals surface area (Å²) in [6, 6.07) is 15.8. The number of nitrogens with zero attached hydrogens (tertiary/aromatic N) is 4. The first kappa shape index (κ1) is 26.5. The molecule has 4 aromatic rings. The van der Waals surface area contributed by atoms with Crippen LogP contribution in [-0.4, -0.2) is 37.9 Å². The van der Waals surface area contributed by atoms with Crippen molar-refractivity contribution in [3.05, 3.63) is 84.1 Å². The number of oxime groups is 2. The van der Waals surface area contributed by atoms with Crippen LogP contribution in [0.5, 0.6) is 0 Å². The summed E-state index contributed by atoms with van der Waals surface area (Å²) in [4.78, 5) is 39.9. The second-order valence-electron chi connectivity index (χ2n) is 8.90. The Balaban J connectivity index is 1.72. The first-order chi connectivity index (χ1) is 18.5. The highest BCUT2D eigenvalue weighted by molar-refractivity contribution is 6.12. The van der Waals surface area contributed by atoms with Gasteiger partial charge in [-0.3, -0.25) is 0 Å². The molecule has 0 unspecified atom stereocenters. The molecular weight excluding hydrogens is 482 g/mol. The minimum Gasteiger partial charge on any atom is -0.343 e. The van der Waals surface area contributed by atoms with Gasteiger partial charge in [0.15, 0.2) is 0 Å². The number of hydrogen-bond donors (Lipinski definition) is 1.